The minimum Gasteiger partial charge on any atom is -0.325 e. The third kappa shape index (κ3) is 4.22. The molecule has 0 aliphatic carbocycles. The maximum atomic E-state index is 13.4. The van der Waals surface area contributed by atoms with Crippen molar-refractivity contribution < 1.29 is 18.0 Å². The van der Waals surface area contributed by atoms with Gasteiger partial charge < -0.3 is 10.2 Å². The predicted octanol–water partition coefficient (Wildman–Crippen LogP) is 3.43. The van der Waals surface area contributed by atoms with Gasteiger partial charge in [-0.1, -0.05) is 54.6 Å². The van der Waals surface area contributed by atoms with E-state index in [1.807, 2.05) is 48.6 Å². The van der Waals surface area contributed by atoms with Gasteiger partial charge in [0.25, 0.3) is 5.91 Å². The number of benzene rings is 2. The molecule has 2 aromatic carbocycles. The molecule has 5 rings (SSSR count). The van der Waals surface area contributed by atoms with Gasteiger partial charge in [-0.15, -0.1) is 11.3 Å². The minimum atomic E-state index is -3.77. The lowest BCUT2D eigenvalue weighted by Crippen LogP contribution is -2.51. The molecule has 1 fully saturated rings. The van der Waals surface area contributed by atoms with Gasteiger partial charge in [-0.25, -0.2) is 13.1 Å². The van der Waals surface area contributed by atoms with Crippen LogP contribution in [-0.4, -0.2) is 43.8 Å². The largest absolute Gasteiger partial charge is 0.325 e. The first-order valence-corrected chi connectivity index (χ1v) is 12.8. The number of hydrogen-bond donors (Lipinski definition) is 2. The van der Waals surface area contributed by atoms with Crippen molar-refractivity contribution in [2.24, 2.45) is 0 Å². The van der Waals surface area contributed by atoms with Crippen molar-refractivity contribution in [3.63, 3.8) is 0 Å². The van der Waals surface area contributed by atoms with Crippen LogP contribution in [0.5, 0.6) is 0 Å². The number of rotatable bonds is 5. The van der Waals surface area contributed by atoms with E-state index in [9.17, 15) is 18.0 Å². The van der Waals surface area contributed by atoms with E-state index in [1.54, 1.807) is 23.6 Å². The molecule has 2 amide bonds. The highest BCUT2D eigenvalue weighted by atomic mass is 32.2. The van der Waals surface area contributed by atoms with Crippen LogP contribution in [0.25, 0.3) is 12.2 Å². The van der Waals surface area contributed by atoms with Gasteiger partial charge in [0.2, 0.25) is 15.9 Å². The number of sulfonamides is 1. The Morgan fingerprint density at radius 1 is 1.00 bits per heavy atom. The predicted molar refractivity (Wildman–Crippen MR) is 128 cm³/mol. The summed E-state index contributed by atoms with van der Waals surface area (Å²) in [6.07, 6.45) is 4.22. The van der Waals surface area contributed by atoms with E-state index in [1.165, 1.54) is 11.0 Å². The molecule has 0 radical (unpaired) electrons. The minimum absolute atomic E-state index is 0.180. The van der Waals surface area contributed by atoms with Crippen molar-refractivity contribution >= 4 is 51.0 Å². The Labute approximate surface area is 195 Å². The summed E-state index contributed by atoms with van der Waals surface area (Å²) in [5.74, 6) is -0.688. The molecule has 7 nitrogen and oxygen atoms in total. The average Bonchev–Trinajstić information content (AvgIpc) is 3.47. The van der Waals surface area contributed by atoms with Crippen molar-refractivity contribution in [1.82, 2.24) is 9.62 Å². The maximum absolute atomic E-state index is 13.4. The highest BCUT2D eigenvalue weighted by Crippen LogP contribution is 2.31. The highest BCUT2D eigenvalue weighted by molar-refractivity contribution is 7.91. The van der Waals surface area contributed by atoms with Crippen LogP contribution in [0.4, 0.5) is 5.69 Å². The highest BCUT2D eigenvalue weighted by Gasteiger charge is 2.46. The third-order valence-corrected chi connectivity index (χ3v) is 8.68. The van der Waals surface area contributed by atoms with Gasteiger partial charge in [0.05, 0.1) is 17.3 Å². The molecule has 33 heavy (non-hydrogen) atoms. The second-order valence-corrected chi connectivity index (χ2v) is 10.8. The summed E-state index contributed by atoms with van der Waals surface area (Å²) in [7, 11) is -3.77. The maximum Gasteiger partial charge on any atom is 0.256 e. The first kappa shape index (κ1) is 21.6. The van der Waals surface area contributed by atoms with Crippen LogP contribution in [0.2, 0.25) is 0 Å². The summed E-state index contributed by atoms with van der Waals surface area (Å²) < 4.78 is 28.2. The summed E-state index contributed by atoms with van der Waals surface area (Å²) >= 11 is 1.10. The van der Waals surface area contributed by atoms with Crippen molar-refractivity contribution in [3.05, 3.63) is 82.7 Å². The van der Waals surface area contributed by atoms with Gasteiger partial charge in [0, 0.05) is 6.54 Å². The van der Waals surface area contributed by atoms with Crippen LogP contribution < -0.4 is 10.0 Å². The zero-order valence-corrected chi connectivity index (χ0v) is 19.1. The Kier molecular flexibility index (Phi) is 5.61. The number of fused-ring (bicyclic) bond motifs is 2. The number of anilines is 1. The summed E-state index contributed by atoms with van der Waals surface area (Å²) in [6.45, 7) is 0.290. The van der Waals surface area contributed by atoms with Crippen molar-refractivity contribution in [2.75, 3.05) is 11.9 Å². The molecule has 0 saturated carbocycles. The van der Waals surface area contributed by atoms with Crippen LogP contribution in [0.1, 0.15) is 27.9 Å². The van der Waals surface area contributed by atoms with Crippen LogP contribution in [0, 0.1) is 0 Å². The van der Waals surface area contributed by atoms with Gasteiger partial charge in [0.15, 0.2) is 0 Å². The first-order valence-electron chi connectivity index (χ1n) is 10.5. The molecule has 2 aliphatic rings. The van der Waals surface area contributed by atoms with Crippen LogP contribution in [0.15, 0.2) is 70.3 Å². The van der Waals surface area contributed by atoms with E-state index in [2.05, 4.69) is 10.0 Å². The Morgan fingerprint density at radius 3 is 2.55 bits per heavy atom. The normalized spacial score (nSPS) is 20.4. The number of amides is 2. The summed E-state index contributed by atoms with van der Waals surface area (Å²) in [5, 5.41) is 4.50. The Bertz CT molecular complexity index is 1340. The standard InChI is InChI=1S/C24H21N3O4S2/c28-23-22-20(26-33(30,31)21-7-4-14-32-21)12-13-27(22)24(29)18-15-17(10-11-19(18)25-23)9-8-16-5-2-1-3-6-16/h1-11,14-15,20,22,26H,12-13H2,(H,25,28)/b9-8+/t20-,22-/m0/s1. The van der Waals surface area contributed by atoms with Gasteiger partial charge in [0.1, 0.15) is 10.3 Å². The lowest BCUT2D eigenvalue weighted by molar-refractivity contribution is -0.120. The zero-order chi connectivity index (χ0) is 23.0. The molecule has 168 valence electrons. The Balaban J connectivity index is 1.41. The molecule has 0 unspecified atom stereocenters. The molecule has 9 heteroatoms. The molecule has 2 atom stereocenters. The number of thiophene rings is 1. The fourth-order valence-electron chi connectivity index (χ4n) is 4.21. The average molecular weight is 480 g/mol. The summed E-state index contributed by atoms with van der Waals surface area (Å²) in [4.78, 5) is 27.9. The fourth-order valence-corrected chi connectivity index (χ4v) is 6.50. The van der Waals surface area contributed by atoms with Crippen LogP contribution in [-0.2, 0) is 14.8 Å². The number of nitrogens with zero attached hydrogens (tertiary/aromatic N) is 1. The Hall–Kier alpha value is -3.27. The quantitative estimate of drug-likeness (QED) is 0.548. The molecule has 1 aromatic heterocycles. The lowest BCUT2D eigenvalue weighted by Gasteiger charge is -2.24. The smallest absolute Gasteiger partial charge is 0.256 e. The number of carbonyl (C=O) groups is 2. The van der Waals surface area contributed by atoms with Gasteiger partial charge >= 0.3 is 0 Å². The van der Waals surface area contributed by atoms with Crippen LogP contribution >= 0.6 is 11.3 Å². The summed E-state index contributed by atoms with van der Waals surface area (Å²) in [5.41, 5.74) is 2.68. The van der Waals surface area contributed by atoms with Crippen molar-refractivity contribution in [3.8, 4) is 0 Å². The molecule has 2 N–H and O–H groups in total. The van der Waals surface area contributed by atoms with Gasteiger partial charge in [-0.05, 0) is 41.1 Å². The zero-order valence-electron chi connectivity index (χ0n) is 17.5. The topological polar surface area (TPSA) is 95.6 Å². The molecule has 3 aromatic rings. The van der Waals surface area contributed by atoms with Crippen molar-refractivity contribution in [1.29, 1.82) is 0 Å². The van der Waals surface area contributed by atoms with Crippen LogP contribution in [0.3, 0.4) is 0 Å². The molecular weight excluding hydrogens is 458 g/mol. The van der Waals surface area contributed by atoms with E-state index in [0.29, 0.717) is 17.7 Å². The SMILES string of the molecule is O=C1Nc2ccc(/C=C/c3ccccc3)cc2C(=O)N2CC[C@H](NS(=O)(=O)c3cccs3)[C@@H]12. The summed E-state index contributed by atoms with van der Waals surface area (Å²) in [6, 6.07) is 16.7. The second-order valence-electron chi connectivity index (χ2n) is 7.93. The lowest BCUT2D eigenvalue weighted by atomic mass is 10.1. The first-order chi connectivity index (χ1) is 15.9. The fraction of sp³-hybridized carbons (Fsp3) is 0.167. The van der Waals surface area contributed by atoms with E-state index in [-0.39, 0.29) is 16.7 Å². The molecule has 1 saturated heterocycles. The van der Waals surface area contributed by atoms with Gasteiger partial charge in [-0.2, -0.15) is 0 Å². The van der Waals surface area contributed by atoms with Gasteiger partial charge in [-0.3, -0.25) is 9.59 Å². The van der Waals surface area contributed by atoms with E-state index < -0.39 is 28.0 Å². The number of nitrogens with one attached hydrogen (secondary N) is 2. The third-order valence-electron chi connectivity index (χ3n) is 5.79. The number of carbonyl (C=O) groups excluding carboxylic acids is 2. The van der Waals surface area contributed by atoms with E-state index in [0.717, 1.165) is 22.5 Å². The molecule has 0 bridgehead atoms. The molecule has 2 aliphatic heterocycles. The molecular formula is C24H21N3O4S2. The monoisotopic (exact) mass is 479 g/mol. The van der Waals surface area contributed by atoms with E-state index >= 15 is 0 Å². The second kappa shape index (κ2) is 8.58. The van der Waals surface area contributed by atoms with Crippen molar-refractivity contribution in [2.45, 2.75) is 22.7 Å². The van der Waals surface area contributed by atoms with E-state index in [4.69, 9.17) is 0 Å². The number of hydrogen-bond acceptors (Lipinski definition) is 5. The molecule has 0 spiro atoms. The Morgan fingerprint density at radius 2 is 1.79 bits per heavy atom. The molecule has 3 heterocycles.